The van der Waals surface area contributed by atoms with Crippen LogP contribution in [0.3, 0.4) is 0 Å². The summed E-state index contributed by atoms with van der Waals surface area (Å²) in [5.74, 6) is -1.56. The van der Waals surface area contributed by atoms with Crippen molar-refractivity contribution in [2.45, 2.75) is 39.5 Å². The summed E-state index contributed by atoms with van der Waals surface area (Å²) < 4.78 is 10.3. The van der Waals surface area contributed by atoms with E-state index < -0.39 is 29.9 Å². The van der Waals surface area contributed by atoms with Crippen LogP contribution < -0.4 is 16.0 Å². The minimum Gasteiger partial charge on any atom is -0.460 e. The minimum absolute atomic E-state index is 0.0749. The summed E-state index contributed by atoms with van der Waals surface area (Å²) in [6, 6.07) is 17.5. The van der Waals surface area contributed by atoms with Gasteiger partial charge in [0.25, 0.3) is 0 Å². The summed E-state index contributed by atoms with van der Waals surface area (Å²) in [6.07, 6.45) is -0.366. The molecule has 9 nitrogen and oxygen atoms in total. The lowest BCUT2D eigenvalue weighted by Crippen LogP contribution is -2.50. The van der Waals surface area contributed by atoms with Crippen molar-refractivity contribution in [2.24, 2.45) is 5.92 Å². The highest BCUT2D eigenvalue weighted by molar-refractivity contribution is 5.90. The molecule has 3 N–H and O–H groups in total. The van der Waals surface area contributed by atoms with Gasteiger partial charge in [-0.2, -0.15) is 0 Å². The van der Waals surface area contributed by atoms with Crippen molar-refractivity contribution in [3.8, 4) is 0 Å². The molecule has 182 valence electrons. The Morgan fingerprint density at radius 1 is 0.765 bits per heavy atom. The van der Waals surface area contributed by atoms with E-state index in [2.05, 4.69) is 16.0 Å². The predicted octanol–water partition coefficient (Wildman–Crippen LogP) is 2.30. The van der Waals surface area contributed by atoms with Gasteiger partial charge < -0.3 is 25.4 Å². The molecule has 0 aliphatic heterocycles. The Morgan fingerprint density at radius 2 is 1.32 bits per heavy atom. The summed E-state index contributed by atoms with van der Waals surface area (Å²) in [5.41, 5.74) is 1.65. The first-order valence-electron chi connectivity index (χ1n) is 11.0. The Bertz CT molecular complexity index is 934. The third-order valence-corrected chi connectivity index (χ3v) is 4.62. The maximum Gasteiger partial charge on any atom is 0.408 e. The summed E-state index contributed by atoms with van der Waals surface area (Å²) in [4.78, 5) is 48.5. The quantitative estimate of drug-likeness (QED) is 0.410. The first kappa shape index (κ1) is 26.4. The maximum absolute atomic E-state index is 12.5. The molecule has 0 aliphatic carbocycles. The lowest BCUT2D eigenvalue weighted by Gasteiger charge is -2.20. The van der Waals surface area contributed by atoms with Gasteiger partial charge in [-0.15, -0.1) is 0 Å². The van der Waals surface area contributed by atoms with E-state index in [4.69, 9.17) is 9.47 Å². The first-order valence-corrected chi connectivity index (χ1v) is 11.0. The molecule has 9 heteroatoms. The number of amides is 3. The Hall–Kier alpha value is -3.88. The molecule has 0 spiro atoms. The lowest BCUT2D eigenvalue weighted by atomic mass is 10.0. The highest BCUT2D eigenvalue weighted by atomic mass is 16.5. The van der Waals surface area contributed by atoms with E-state index in [9.17, 15) is 19.2 Å². The zero-order valence-electron chi connectivity index (χ0n) is 19.4. The molecule has 0 saturated carbocycles. The molecule has 0 fully saturated rings. The summed E-state index contributed by atoms with van der Waals surface area (Å²) >= 11 is 0. The molecule has 2 rings (SSSR count). The van der Waals surface area contributed by atoms with E-state index >= 15 is 0 Å². The number of benzene rings is 2. The van der Waals surface area contributed by atoms with Gasteiger partial charge in [-0.05, 0) is 23.5 Å². The Labute approximate surface area is 199 Å². The molecule has 2 aromatic carbocycles. The molecule has 34 heavy (non-hydrogen) atoms. The molecule has 3 amide bonds. The molecule has 2 aromatic rings. The molecule has 0 bridgehead atoms. The van der Waals surface area contributed by atoms with Gasteiger partial charge in [0.05, 0.1) is 6.54 Å². The number of ether oxygens (including phenoxy) is 2. The minimum atomic E-state index is -0.869. The molecule has 1 unspecified atom stereocenters. The number of rotatable bonds is 12. The molecule has 0 heterocycles. The van der Waals surface area contributed by atoms with Crippen molar-refractivity contribution in [2.75, 3.05) is 13.1 Å². The van der Waals surface area contributed by atoms with Crippen LogP contribution in [0.2, 0.25) is 0 Å². The zero-order valence-corrected chi connectivity index (χ0v) is 19.4. The van der Waals surface area contributed by atoms with Gasteiger partial charge in [0.1, 0.15) is 25.8 Å². The zero-order chi connectivity index (χ0) is 24.8. The molecular formula is C25H31N3O6. The van der Waals surface area contributed by atoms with Crippen LogP contribution >= 0.6 is 0 Å². The SMILES string of the molecule is CC(C)CC(NC(=O)OCc1ccccc1)C(=O)NCC(=O)NCC(=O)OCc1ccccc1. The first-order chi connectivity index (χ1) is 16.3. The number of hydrogen-bond acceptors (Lipinski definition) is 6. The Balaban J connectivity index is 1.72. The number of nitrogens with one attached hydrogen (secondary N) is 3. The lowest BCUT2D eigenvalue weighted by molar-refractivity contribution is -0.145. The molecule has 0 aromatic heterocycles. The normalized spacial score (nSPS) is 11.3. The second-order valence-corrected chi connectivity index (χ2v) is 8.03. The highest BCUT2D eigenvalue weighted by Gasteiger charge is 2.23. The van der Waals surface area contributed by atoms with Gasteiger partial charge in [0, 0.05) is 0 Å². The van der Waals surface area contributed by atoms with Crippen LogP contribution in [-0.4, -0.2) is 43.0 Å². The van der Waals surface area contributed by atoms with Crippen molar-refractivity contribution < 1.29 is 28.7 Å². The van der Waals surface area contributed by atoms with E-state index in [1.165, 1.54) is 0 Å². The molecule has 0 aliphatic rings. The van der Waals surface area contributed by atoms with Crippen molar-refractivity contribution in [1.82, 2.24) is 16.0 Å². The van der Waals surface area contributed by atoms with Crippen LogP contribution in [0.1, 0.15) is 31.4 Å². The van der Waals surface area contributed by atoms with E-state index in [1.807, 2.05) is 74.5 Å². The predicted molar refractivity (Wildman–Crippen MR) is 125 cm³/mol. The number of carbonyl (C=O) groups excluding carboxylic acids is 4. The fourth-order valence-electron chi connectivity index (χ4n) is 2.92. The average Bonchev–Trinajstić information content (AvgIpc) is 2.84. The number of hydrogen-bond donors (Lipinski definition) is 3. The van der Waals surface area contributed by atoms with Gasteiger partial charge in [-0.25, -0.2) is 4.79 Å². The third-order valence-electron chi connectivity index (χ3n) is 4.62. The second kappa shape index (κ2) is 14.3. The van der Waals surface area contributed by atoms with E-state index in [1.54, 1.807) is 0 Å². The van der Waals surface area contributed by atoms with Crippen molar-refractivity contribution >= 4 is 23.9 Å². The van der Waals surface area contributed by atoms with Crippen LogP contribution in [0.25, 0.3) is 0 Å². The van der Waals surface area contributed by atoms with E-state index in [-0.39, 0.29) is 32.2 Å². The Kier molecular flexibility index (Phi) is 11.1. The maximum atomic E-state index is 12.5. The second-order valence-electron chi connectivity index (χ2n) is 8.03. The third kappa shape index (κ3) is 10.6. The average molecular weight is 470 g/mol. The summed E-state index contributed by atoms with van der Waals surface area (Å²) in [7, 11) is 0. The molecule has 0 radical (unpaired) electrons. The van der Waals surface area contributed by atoms with Crippen molar-refractivity contribution in [3.63, 3.8) is 0 Å². The van der Waals surface area contributed by atoms with Crippen LogP contribution in [0.15, 0.2) is 60.7 Å². The van der Waals surface area contributed by atoms with Crippen LogP contribution in [0, 0.1) is 5.92 Å². The molecule has 0 saturated heterocycles. The molecule has 1 atom stereocenters. The van der Waals surface area contributed by atoms with Crippen LogP contribution in [-0.2, 0) is 37.1 Å². The highest BCUT2D eigenvalue weighted by Crippen LogP contribution is 2.06. The Morgan fingerprint density at radius 3 is 1.88 bits per heavy atom. The number of carbonyl (C=O) groups is 4. The smallest absolute Gasteiger partial charge is 0.408 e. The van der Waals surface area contributed by atoms with E-state index in [0.29, 0.717) is 6.42 Å². The topological polar surface area (TPSA) is 123 Å². The standard InChI is InChI=1S/C25H31N3O6/c1-18(2)13-21(28-25(32)34-17-20-11-7-4-8-12-20)24(31)27-14-22(29)26-15-23(30)33-16-19-9-5-3-6-10-19/h3-12,18,21H,13-17H2,1-2H3,(H,26,29)(H,27,31)(H,28,32). The fraction of sp³-hybridized carbons (Fsp3) is 0.360. The molecular weight excluding hydrogens is 438 g/mol. The number of esters is 1. The van der Waals surface area contributed by atoms with E-state index in [0.717, 1.165) is 11.1 Å². The van der Waals surface area contributed by atoms with Gasteiger partial charge in [-0.1, -0.05) is 74.5 Å². The number of alkyl carbamates (subject to hydrolysis) is 1. The van der Waals surface area contributed by atoms with Crippen molar-refractivity contribution in [3.05, 3.63) is 71.8 Å². The monoisotopic (exact) mass is 469 g/mol. The van der Waals surface area contributed by atoms with Gasteiger partial charge >= 0.3 is 12.1 Å². The van der Waals surface area contributed by atoms with Gasteiger partial charge in [0.2, 0.25) is 11.8 Å². The fourth-order valence-corrected chi connectivity index (χ4v) is 2.92. The van der Waals surface area contributed by atoms with Gasteiger partial charge in [-0.3, -0.25) is 14.4 Å². The largest absolute Gasteiger partial charge is 0.460 e. The summed E-state index contributed by atoms with van der Waals surface area (Å²) in [5, 5.41) is 7.41. The van der Waals surface area contributed by atoms with Gasteiger partial charge in [0.15, 0.2) is 0 Å². The van der Waals surface area contributed by atoms with Crippen molar-refractivity contribution in [1.29, 1.82) is 0 Å². The van der Waals surface area contributed by atoms with Crippen LogP contribution in [0.4, 0.5) is 4.79 Å². The summed E-state index contributed by atoms with van der Waals surface area (Å²) in [6.45, 7) is 3.33. The van der Waals surface area contributed by atoms with Crippen LogP contribution in [0.5, 0.6) is 0 Å².